The van der Waals surface area contributed by atoms with Crippen molar-refractivity contribution in [3.05, 3.63) is 65.7 Å². The molecule has 0 saturated carbocycles. The summed E-state index contributed by atoms with van der Waals surface area (Å²) >= 11 is 0. The minimum atomic E-state index is -3.70. The first-order valence-corrected chi connectivity index (χ1v) is 12.1. The largest absolute Gasteiger partial charge is 0.352 e. The van der Waals surface area contributed by atoms with E-state index in [0.717, 1.165) is 37.5 Å². The van der Waals surface area contributed by atoms with E-state index in [1.54, 1.807) is 12.1 Å². The first-order chi connectivity index (χ1) is 14.4. The summed E-state index contributed by atoms with van der Waals surface area (Å²) in [4.78, 5) is 15.0. The van der Waals surface area contributed by atoms with Crippen LogP contribution in [0.25, 0.3) is 0 Å². The van der Waals surface area contributed by atoms with Crippen molar-refractivity contribution in [3.8, 4) is 0 Å². The minimum absolute atomic E-state index is 0.0912. The number of hydrogen-bond acceptors (Lipinski definition) is 4. The fourth-order valence-electron chi connectivity index (χ4n) is 3.55. The number of nitrogens with one attached hydrogen (secondary N) is 2. The van der Waals surface area contributed by atoms with Gasteiger partial charge in [0.1, 0.15) is 0 Å². The molecule has 1 aliphatic rings. The Hall–Kier alpha value is -2.22. The molecule has 162 valence electrons. The molecule has 0 spiro atoms. The van der Waals surface area contributed by atoms with Crippen LogP contribution >= 0.6 is 0 Å². The van der Waals surface area contributed by atoms with Crippen LogP contribution in [0.4, 0.5) is 0 Å². The summed E-state index contributed by atoms with van der Waals surface area (Å²) in [6.07, 6.45) is 3.37. The molecule has 1 saturated heterocycles. The number of carbonyl (C=O) groups excluding carboxylic acids is 1. The summed E-state index contributed by atoms with van der Waals surface area (Å²) in [6, 6.07) is 15.5. The van der Waals surface area contributed by atoms with Gasteiger partial charge in [0.25, 0.3) is 5.91 Å². The van der Waals surface area contributed by atoms with Crippen molar-refractivity contribution in [2.45, 2.75) is 37.6 Å². The van der Waals surface area contributed by atoms with Crippen LogP contribution in [0.1, 0.15) is 42.1 Å². The molecule has 0 atom stereocenters. The Morgan fingerprint density at radius 2 is 1.80 bits per heavy atom. The highest BCUT2D eigenvalue weighted by Crippen LogP contribution is 2.16. The molecule has 3 rings (SSSR count). The lowest BCUT2D eigenvalue weighted by Gasteiger charge is -2.30. The van der Waals surface area contributed by atoms with Crippen LogP contribution in [0, 0.1) is 5.92 Å². The van der Waals surface area contributed by atoms with Gasteiger partial charge in [0.15, 0.2) is 0 Å². The third kappa shape index (κ3) is 6.65. The van der Waals surface area contributed by atoms with Crippen LogP contribution in [0.5, 0.6) is 0 Å². The predicted octanol–water partition coefficient (Wildman–Crippen LogP) is 3.02. The molecule has 2 aromatic carbocycles. The molecule has 1 amide bonds. The zero-order valence-corrected chi connectivity index (χ0v) is 18.3. The summed E-state index contributed by atoms with van der Waals surface area (Å²) in [5.41, 5.74) is 1.22. The highest BCUT2D eigenvalue weighted by Gasteiger charge is 2.17. The van der Waals surface area contributed by atoms with Gasteiger partial charge < -0.3 is 10.2 Å². The third-order valence-electron chi connectivity index (χ3n) is 5.53. The fourth-order valence-corrected chi connectivity index (χ4v) is 4.62. The van der Waals surface area contributed by atoms with Crippen molar-refractivity contribution in [1.82, 2.24) is 14.9 Å². The van der Waals surface area contributed by atoms with Crippen LogP contribution in [-0.2, 0) is 16.6 Å². The number of likely N-dealkylation sites (tertiary alicyclic amines) is 1. The maximum Gasteiger partial charge on any atom is 0.251 e. The summed E-state index contributed by atoms with van der Waals surface area (Å²) in [5.74, 6) is 0.564. The van der Waals surface area contributed by atoms with Crippen molar-refractivity contribution in [2.24, 2.45) is 5.92 Å². The summed E-state index contributed by atoms with van der Waals surface area (Å²) in [5, 5.41) is 2.90. The highest BCUT2D eigenvalue weighted by atomic mass is 32.2. The number of carbonyl (C=O) groups is 1. The lowest BCUT2D eigenvalue weighted by Crippen LogP contribution is -2.35. The maximum atomic E-state index is 12.6. The fraction of sp³-hybridized carbons (Fsp3) is 0.435. The monoisotopic (exact) mass is 429 g/mol. The van der Waals surface area contributed by atoms with Gasteiger partial charge in [-0.1, -0.05) is 43.3 Å². The van der Waals surface area contributed by atoms with Crippen molar-refractivity contribution >= 4 is 15.9 Å². The smallest absolute Gasteiger partial charge is 0.251 e. The van der Waals surface area contributed by atoms with Crippen LogP contribution < -0.4 is 10.0 Å². The third-order valence-corrected chi connectivity index (χ3v) is 6.93. The van der Waals surface area contributed by atoms with Gasteiger partial charge in [-0.15, -0.1) is 0 Å². The minimum Gasteiger partial charge on any atom is -0.352 e. The molecular weight excluding hydrogens is 398 g/mol. The molecule has 0 aliphatic carbocycles. The summed E-state index contributed by atoms with van der Waals surface area (Å²) in [6.45, 7) is 6.31. The van der Waals surface area contributed by atoms with Crippen LogP contribution in [0.3, 0.4) is 0 Å². The van der Waals surface area contributed by atoms with E-state index < -0.39 is 10.0 Å². The highest BCUT2D eigenvalue weighted by molar-refractivity contribution is 7.89. The van der Waals surface area contributed by atoms with Crippen LogP contribution in [-0.4, -0.2) is 45.4 Å². The molecule has 7 heteroatoms. The average molecular weight is 430 g/mol. The molecule has 0 unspecified atom stereocenters. The number of nitrogens with zero attached hydrogens (tertiary/aromatic N) is 1. The molecule has 30 heavy (non-hydrogen) atoms. The number of sulfonamides is 1. The molecule has 2 N–H and O–H groups in total. The Labute approximate surface area is 179 Å². The van der Waals surface area contributed by atoms with Crippen molar-refractivity contribution in [3.63, 3.8) is 0 Å². The van der Waals surface area contributed by atoms with E-state index in [-0.39, 0.29) is 17.3 Å². The molecule has 1 aliphatic heterocycles. The second kappa shape index (κ2) is 10.7. The zero-order chi connectivity index (χ0) is 21.4. The quantitative estimate of drug-likeness (QED) is 0.601. The zero-order valence-electron chi connectivity index (χ0n) is 17.5. The van der Waals surface area contributed by atoms with E-state index in [4.69, 9.17) is 0 Å². The van der Waals surface area contributed by atoms with Crippen LogP contribution in [0.15, 0.2) is 59.5 Å². The lowest BCUT2D eigenvalue weighted by molar-refractivity contribution is 0.0950. The van der Waals surface area contributed by atoms with Gasteiger partial charge in [-0.05, 0) is 68.6 Å². The molecule has 1 fully saturated rings. The number of benzene rings is 2. The Morgan fingerprint density at radius 1 is 1.07 bits per heavy atom. The van der Waals surface area contributed by atoms with E-state index in [1.165, 1.54) is 25.0 Å². The second-order valence-electron chi connectivity index (χ2n) is 7.97. The Balaban J connectivity index is 1.49. The molecule has 6 nitrogen and oxygen atoms in total. The summed E-state index contributed by atoms with van der Waals surface area (Å²) in [7, 11) is -3.70. The van der Waals surface area contributed by atoms with Crippen molar-refractivity contribution < 1.29 is 13.2 Å². The maximum absolute atomic E-state index is 12.6. The molecule has 0 radical (unpaired) electrons. The van der Waals surface area contributed by atoms with Gasteiger partial charge >= 0.3 is 0 Å². The van der Waals surface area contributed by atoms with Crippen LogP contribution in [0.2, 0.25) is 0 Å². The van der Waals surface area contributed by atoms with E-state index >= 15 is 0 Å². The Kier molecular flexibility index (Phi) is 8.01. The Morgan fingerprint density at radius 3 is 2.53 bits per heavy atom. The van der Waals surface area contributed by atoms with Crippen molar-refractivity contribution in [1.29, 1.82) is 0 Å². The van der Waals surface area contributed by atoms with E-state index in [1.807, 2.05) is 30.3 Å². The summed E-state index contributed by atoms with van der Waals surface area (Å²) < 4.78 is 27.8. The van der Waals surface area contributed by atoms with Gasteiger partial charge in [0.2, 0.25) is 10.0 Å². The Bertz CT molecular complexity index is 924. The molecule has 0 bridgehead atoms. The van der Waals surface area contributed by atoms with Gasteiger partial charge in [-0.2, -0.15) is 0 Å². The standard InChI is InChI=1S/C23H31N3O3S/c1-19-11-15-26(16-12-19)14-6-13-24-23(27)21-9-5-10-22(17-21)30(28,29)25-18-20-7-3-2-4-8-20/h2-5,7-10,17,19,25H,6,11-16,18H2,1H3,(H,24,27). The molecule has 0 aromatic heterocycles. The topological polar surface area (TPSA) is 78.5 Å². The van der Waals surface area contributed by atoms with Gasteiger partial charge in [0, 0.05) is 18.7 Å². The molecule has 2 aromatic rings. The van der Waals surface area contributed by atoms with Gasteiger partial charge in [0.05, 0.1) is 4.90 Å². The normalized spacial score (nSPS) is 15.8. The van der Waals surface area contributed by atoms with E-state index in [0.29, 0.717) is 12.1 Å². The number of rotatable bonds is 9. The number of hydrogen-bond donors (Lipinski definition) is 2. The molecular formula is C23H31N3O3S. The SMILES string of the molecule is CC1CCN(CCCNC(=O)c2cccc(S(=O)(=O)NCc3ccccc3)c2)CC1. The van der Waals surface area contributed by atoms with E-state index in [2.05, 4.69) is 21.9 Å². The second-order valence-corrected chi connectivity index (χ2v) is 9.74. The first kappa shape index (κ1) is 22.5. The first-order valence-electron chi connectivity index (χ1n) is 10.6. The number of amides is 1. The average Bonchev–Trinajstić information content (AvgIpc) is 2.77. The number of piperidine rings is 1. The van der Waals surface area contributed by atoms with Crippen molar-refractivity contribution in [2.75, 3.05) is 26.2 Å². The molecule has 1 heterocycles. The van der Waals surface area contributed by atoms with Gasteiger partial charge in [-0.25, -0.2) is 13.1 Å². The lowest BCUT2D eigenvalue weighted by atomic mass is 9.99. The van der Waals surface area contributed by atoms with Gasteiger partial charge in [-0.3, -0.25) is 4.79 Å². The van der Waals surface area contributed by atoms with E-state index in [9.17, 15) is 13.2 Å². The predicted molar refractivity (Wildman–Crippen MR) is 119 cm³/mol.